The van der Waals surface area contributed by atoms with Gasteiger partial charge in [-0.3, -0.25) is 5.73 Å². The van der Waals surface area contributed by atoms with Crippen LogP contribution in [0.5, 0.6) is 0 Å². The van der Waals surface area contributed by atoms with E-state index in [1.165, 1.54) is 6.42 Å². The van der Waals surface area contributed by atoms with Gasteiger partial charge in [-0.1, -0.05) is 13.0 Å². The van der Waals surface area contributed by atoms with Crippen LogP contribution in [0.15, 0.2) is 12.2 Å². The topological polar surface area (TPSA) is 52.3 Å². The number of hydrogen-bond donors (Lipinski definition) is 1. The van der Waals surface area contributed by atoms with E-state index in [1.54, 1.807) is 6.92 Å². The first-order chi connectivity index (χ1) is 6.03. The third kappa shape index (κ3) is 2.84. The van der Waals surface area contributed by atoms with Crippen LogP contribution in [0.2, 0.25) is 0 Å². The van der Waals surface area contributed by atoms with Crippen molar-refractivity contribution in [2.75, 3.05) is 0 Å². The summed E-state index contributed by atoms with van der Waals surface area (Å²) in [5, 5.41) is 0. The average molecular weight is 183 g/mol. The molecule has 1 fully saturated rings. The van der Waals surface area contributed by atoms with Crippen molar-refractivity contribution < 1.29 is 9.53 Å². The van der Waals surface area contributed by atoms with E-state index >= 15 is 0 Å². The van der Waals surface area contributed by atoms with Crippen LogP contribution in [0.3, 0.4) is 0 Å². The van der Waals surface area contributed by atoms with Crippen molar-refractivity contribution in [2.24, 2.45) is 5.73 Å². The van der Waals surface area contributed by atoms with Crippen LogP contribution in [-0.4, -0.2) is 11.7 Å². The maximum atomic E-state index is 11.2. The fraction of sp³-hybridized carbons (Fsp3) is 0.700. The molecule has 1 saturated carbocycles. The molecule has 74 valence electrons. The Hall–Kier alpha value is -0.830. The molecule has 0 radical (unpaired) electrons. The van der Waals surface area contributed by atoms with Crippen LogP contribution < -0.4 is 5.73 Å². The Kier molecular flexibility index (Phi) is 3.09. The van der Waals surface area contributed by atoms with E-state index in [-0.39, 0.29) is 5.97 Å². The Bertz CT molecular complexity index is 217. The summed E-state index contributed by atoms with van der Waals surface area (Å²) in [6.07, 6.45) is 4.81. The number of rotatable bonds is 2. The molecule has 1 aliphatic carbocycles. The van der Waals surface area contributed by atoms with Crippen LogP contribution in [-0.2, 0) is 9.53 Å². The summed E-state index contributed by atoms with van der Waals surface area (Å²) in [6.45, 7) is 5.16. The van der Waals surface area contributed by atoms with E-state index in [4.69, 9.17) is 10.5 Å². The summed E-state index contributed by atoms with van der Waals surface area (Å²) in [5.74, 6) is -0.371. The van der Waals surface area contributed by atoms with Gasteiger partial charge in [0, 0.05) is 18.4 Å². The normalized spacial score (nSPS) is 20.8. The summed E-state index contributed by atoms with van der Waals surface area (Å²) >= 11 is 0. The molecule has 0 unspecified atom stereocenters. The van der Waals surface area contributed by atoms with Gasteiger partial charge >= 0.3 is 5.97 Å². The van der Waals surface area contributed by atoms with E-state index in [0.29, 0.717) is 5.57 Å². The summed E-state index contributed by atoms with van der Waals surface area (Å²) < 4.78 is 5.18. The lowest BCUT2D eigenvalue weighted by molar-refractivity contribution is -0.157. The molecule has 0 aromatic carbocycles. The zero-order valence-electron chi connectivity index (χ0n) is 8.14. The second-order valence-electron chi connectivity index (χ2n) is 3.80. The Morgan fingerprint density at radius 3 is 2.38 bits per heavy atom. The van der Waals surface area contributed by atoms with Crippen LogP contribution in [0.1, 0.15) is 39.0 Å². The minimum Gasteiger partial charge on any atom is -0.441 e. The minimum absolute atomic E-state index is 0.371. The molecule has 3 nitrogen and oxygen atoms in total. The number of nitrogens with two attached hydrogens (primary N) is 1. The number of hydrogen-bond acceptors (Lipinski definition) is 3. The van der Waals surface area contributed by atoms with E-state index in [2.05, 4.69) is 6.58 Å². The Morgan fingerprint density at radius 2 is 1.92 bits per heavy atom. The van der Waals surface area contributed by atoms with Crippen LogP contribution in [0.4, 0.5) is 0 Å². The van der Waals surface area contributed by atoms with Crippen molar-refractivity contribution in [3.8, 4) is 0 Å². The fourth-order valence-electron chi connectivity index (χ4n) is 1.52. The smallest absolute Gasteiger partial charge is 0.334 e. The molecular weight excluding hydrogens is 166 g/mol. The van der Waals surface area contributed by atoms with Gasteiger partial charge in [-0.2, -0.15) is 0 Å². The molecule has 2 N–H and O–H groups in total. The highest BCUT2D eigenvalue weighted by Crippen LogP contribution is 2.27. The number of esters is 1. The lowest BCUT2D eigenvalue weighted by atomic mass is 9.92. The maximum absolute atomic E-state index is 11.2. The highest BCUT2D eigenvalue weighted by molar-refractivity contribution is 5.87. The van der Waals surface area contributed by atoms with E-state index < -0.39 is 5.72 Å². The zero-order chi connectivity index (χ0) is 9.90. The molecule has 0 aromatic heterocycles. The summed E-state index contributed by atoms with van der Waals surface area (Å²) in [5.41, 5.74) is 5.60. The van der Waals surface area contributed by atoms with Crippen molar-refractivity contribution in [1.82, 2.24) is 0 Å². The summed E-state index contributed by atoms with van der Waals surface area (Å²) in [6, 6.07) is 0. The van der Waals surface area contributed by atoms with Crippen molar-refractivity contribution in [3.63, 3.8) is 0 Å². The third-order valence-corrected chi connectivity index (χ3v) is 2.34. The Balaban J connectivity index is 2.50. The number of carbonyl (C=O) groups excluding carboxylic acids is 1. The molecular formula is C10H17NO2. The van der Waals surface area contributed by atoms with E-state index in [9.17, 15) is 4.79 Å². The lowest BCUT2D eigenvalue weighted by Gasteiger charge is -2.32. The molecule has 3 heteroatoms. The second-order valence-corrected chi connectivity index (χ2v) is 3.80. The first-order valence-electron chi connectivity index (χ1n) is 4.71. The third-order valence-electron chi connectivity index (χ3n) is 2.34. The monoisotopic (exact) mass is 183 g/mol. The summed E-state index contributed by atoms with van der Waals surface area (Å²) in [7, 11) is 0. The van der Waals surface area contributed by atoms with Crippen molar-refractivity contribution in [1.29, 1.82) is 0 Å². The van der Waals surface area contributed by atoms with E-state index in [1.807, 2.05) is 0 Å². The Labute approximate surface area is 78.9 Å². The highest BCUT2D eigenvalue weighted by Gasteiger charge is 2.31. The van der Waals surface area contributed by atoms with Crippen molar-refractivity contribution in [3.05, 3.63) is 12.2 Å². The molecule has 0 atom stereocenters. The fourth-order valence-corrected chi connectivity index (χ4v) is 1.52. The SMILES string of the molecule is C=C(C)C(=O)OC1(N)CCCCC1. The molecule has 0 heterocycles. The molecule has 0 aliphatic heterocycles. The first kappa shape index (κ1) is 10.3. The summed E-state index contributed by atoms with van der Waals surface area (Å²) in [4.78, 5) is 11.2. The Morgan fingerprint density at radius 1 is 1.38 bits per heavy atom. The van der Waals surface area contributed by atoms with Gasteiger partial charge in [0.15, 0.2) is 5.72 Å². The standard InChI is InChI=1S/C10H17NO2/c1-8(2)9(12)13-10(11)6-4-3-5-7-10/h1,3-7,11H2,2H3. The predicted molar refractivity (Wildman–Crippen MR) is 50.9 cm³/mol. The van der Waals surface area contributed by atoms with Gasteiger partial charge in [-0.25, -0.2) is 4.79 Å². The average Bonchev–Trinajstić information content (AvgIpc) is 2.04. The van der Waals surface area contributed by atoms with Crippen molar-refractivity contribution >= 4 is 5.97 Å². The predicted octanol–water partition coefficient (Wildman–Crippen LogP) is 1.72. The second kappa shape index (κ2) is 3.92. The molecule has 0 amide bonds. The molecule has 0 bridgehead atoms. The van der Waals surface area contributed by atoms with Crippen LogP contribution in [0, 0.1) is 0 Å². The molecule has 1 aliphatic rings. The molecule has 13 heavy (non-hydrogen) atoms. The maximum Gasteiger partial charge on any atom is 0.334 e. The van der Waals surface area contributed by atoms with Gasteiger partial charge < -0.3 is 4.74 Å². The van der Waals surface area contributed by atoms with Gasteiger partial charge in [-0.15, -0.1) is 0 Å². The molecule has 1 rings (SSSR count). The minimum atomic E-state index is -0.728. The quantitative estimate of drug-likeness (QED) is 0.403. The zero-order valence-corrected chi connectivity index (χ0v) is 8.14. The van der Waals surface area contributed by atoms with Gasteiger partial charge in [0.2, 0.25) is 0 Å². The van der Waals surface area contributed by atoms with Crippen LogP contribution >= 0.6 is 0 Å². The van der Waals surface area contributed by atoms with Gasteiger partial charge in [0.25, 0.3) is 0 Å². The lowest BCUT2D eigenvalue weighted by Crippen LogP contribution is -2.46. The molecule has 0 spiro atoms. The highest BCUT2D eigenvalue weighted by atomic mass is 16.6. The van der Waals surface area contributed by atoms with Gasteiger partial charge in [0.1, 0.15) is 0 Å². The molecule has 0 saturated heterocycles. The van der Waals surface area contributed by atoms with Crippen molar-refractivity contribution in [2.45, 2.75) is 44.8 Å². The van der Waals surface area contributed by atoms with E-state index in [0.717, 1.165) is 25.7 Å². The van der Waals surface area contributed by atoms with Gasteiger partial charge in [-0.05, 0) is 19.8 Å². The first-order valence-corrected chi connectivity index (χ1v) is 4.71. The van der Waals surface area contributed by atoms with Gasteiger partial charge in [0.05, 0.1) is 0 Å². The van der Waals surface area contributed by atoms with Crippen LogP contribution in [0.25, 0.3) is 0 Å². The number of carbonyl (C=O) groups is 1. The largest absolute Gasteiger partial charge is 0.441 e. The number of ether oxygens (including phenoxy) is 1. The molecule has 0 aromatic rings.